The lowest BCUT2D eigenvalue weighted by atomic mass is 10.2. The Bertz CT molecular complexity index is 248. The predicted octanol–water partition coefficient (Wildman–Crippen LogP) is 1.37. The lowest BCUT2D eigenvalue weighted by Gasteiger charge is -2.15. The third-order valence-electron chi connectivity index (χ3n) is 2.21. The molecule has 0 radical (unpaired) electrons. The minimum absolute atomic E-state index is 0.415. The van der Waals surface area contributed by atoms with Crippen LogP contribution in [0.4, 0.5) is 5.13 Å². The normalized spacial score (nSPS) is 18.5. The second-order valence-electron chi connectivity index (χ2n) is 3.29. The highest BCUT2D eigenvalue weighted by molar-refractivity contribution is 7.13. The zero-order chi connectivity index (χ0) is 9.10. The zero-order valence-corrected chi connectivity index (χ0v) is 8.38. The van der Waals surface area contributed by atoms with E-state index in [4.69, 9.17) is 4.74 Å². The van der Waals surface area contributed by atoms with Crippen molar-refractivity contribution < 1.29 is 4.74 Å². The SMILES string of the molecule is COCC(Nc1nncs1)C1CC1. The average Bonchev–Trinajstić information content (AvgIpc) is 2.85. The van der Waals surface area contributed by atoms with E-state index in [1.807, 2.05) is 0 Å². The summed E-state index contributed by atoms with van der Waals surface area (Å²) in [6.07, 6.45) is 2.61. The molecule has 13 heavy (non-hydrogen) atoms. The molecular weight excluding hydrogens is 186 g/mol. The number of ether oxygens (including phenoxy) is 1. The summed E-state index contributed by atoms with van der Waals surface area (Å²) in [5, 5.41) is 12.0. The van der Waals surface area contributed by atoms with Gasteiger partial charge in [0.15, 0.2) is 0 Å². The fourth-order valence-corrected chi connectivity index (χ4v) is 1.88. The van der Waals surface area contributed by atoms with E-state index in [0.717, 1.165) is 17.7 Å². The summed E-state index contributed by atoms with van der Waals surface area (Å²) in [6.45, 7) is 0.754. The lowest BCUT2D eigenvalue weighted by Crippen LogP contribution is -2.27. The first-order chi connectivity index (χ1) is 6.40. The molecule has 1 heterocycles. The monoisotopic (exact) mass is 199 g/mol. The van der Waals surface area contributed by atoms with Crippen LogP contribution in [0.15, 0.2) is 5.51 Å². The van der Waals surface area contributed by atoms with Crippen molar-refractivity contribution >= 4 is 16.5 Å². The predicted molar refractivity (Wildman–Crippen MR) is 51.9 cm³/mol. The maximum Gasteiger partial charge on any atom is 0.205 e. The minimum atomic E-state index is 0.415. The van der Waals surface area contributed by atoms with Crippen molar-refractivity contribution in [3.63, 3.8) is 0 Å². The molecule has 1 aromatic rings. The largest absolute Gasteiger partial charge is 0.383 e. The maximum absolute atomic E-state index is 5.15. The van der Waals surface area contributed by atoms with E-state index in [0.29, 0.717) is 6.04 Å². The minimum Gasteiger partial charge on any atom is -0.383 e. The van der Waals surface area contributed by atoms with Crippen LogP contribution in [0.2, 0.25) is 0 Å². The molecule has 1 fully saturated rings. The van der Waals surface area contributed by atoms with Crippen LogP contribution in [0.5, 0.6) is 0 Å². The van der Waals surface area contributed by atoms with Crippen LogP contribution in [0.25, 0.3) is 0 Å². The number of hydrogen-bond donors (Lipinski definition) is 1. The van der Waals surface area contributed by atoms with Crippen molar-refractivity contribution in [2.24, 2.45) is 5.92 Å². The Morgan fingerprint density at radius 1 is 1.77 bits per heavy atom. The Kier molecular flexibility index (Phi) is 2.75. The first-order valence-electron chi connectivity index (χ1n) is 4.42. The van der Waals surface area contributed by atoms with Gasteiger partial charge in [0, 0.05) is 7.11 Å². The van der Waals surface area contributed by atoms with Crippen LogP contribution in [0.3, 0.4) is 0 Å². The summed E-state index contributed by atoms with van der Waals surface area (Å²) in [5.41, 5.74) is 1.74. The summed E-state index contributed by atoms with van der Waals surface area (Å²) >= 11 is 1.53. The average molecular weight is 199 g/mol. The molecule has 0 aromatic carbocycles. The quantitative estimate of drug-likeness (QED) is 0.778. The maximum atomic E-state index is 5.15. The molecule has 5 heteroatoms. The summed E-state index contributed by atoms with van der Waals surface area (Å²) in [7, 11) is 1.73. The Balaban J connectivity index is 1.89. The van der Waals surface area contributed by atoms with Gasteiger partial charge in [-0.25, -0.2) is 0 Å². The van der Waals surface area contributed by atoms with E-state index in [-0.39, 0.29) is 0 Å². The molecule has 1 N–H and O–H groups in total. The summed E-state index contributed by atoms with van der Waals surface area (Å²) < 4.78 is 5.15. The van der Waals surface area contributed by atoms with Gasteiger partial charge in [-0.1, -0.05) is 11.3 Å². The number of methoxy groups -OCH3 is 1. The molecule has 1 aromatic heterocycles. The van der Waals surface area contributed by atoms with Gasteiger partial charge in [0.05, 0.1) is 12.6 Å². The molecule has 2 rings (SSSR count). The number of rotatable bonds is 5. The number of anilines is 1. The van der Waals surface area contributed by atoms with Crippen molar-refractivity contribution in [3.8, 4) is 0 Å². The standard InChI is InChI=1S/C8H13N3OS/c1-12-4-7(6-2-3-6)10-8-11-9-5-13-8/h5-7H,2-4H2,1H3,(H,10,11). The van der Waals surface area contributed by atoms with Crippen LogP contribution < -0.4 is 5.32 Å². The van der Waals surface area contributed by atoms with Crippen molar-refractivity contribution in [1.29, 1.82) is 0 Å². The first-order valence-corrected chi connectivity index (χ1v) is 5.29. The Morgan fingerprint density at radius 3 is 3.15 bits per heavy atom. The molecule has 0 spiro atoms. The van der Waals surface area contributed by atoms with Gasteiger partial charge in [-0.2, -0.15) is 0 Å². The van der Waals surface area contributed by atoms with E-state index in [1.54, 1.807) is 12.6 Å². The van der Waals surface area contributed by atoms with E-state index in [1.165, 1.54) is 24.2 Å². The van der Waals surface area contributed by atoms with Crippen LogP contribution in [-0.4, -0.2) is 30.0 Å². The van der Waals surface area contributed by atoms with Crippen LogP contribution in [0, 0.1) is 5.92 Å². The Hall–Kier alpha value is -0.680. The van der Waals surface area contributed by atoms with Crippen LogP contribution in [0.1, 0.15) is 12.8 Å². The molecule has 4 nitrogen and oxygen atoms in total. The van der Waals surface area contributed by atoms with Crippen molar-refractivity contribution in [1.82, 2.24) is 10.2 Å². The van der Waals surface area contributed by atoms with Gasteiger partial charge < -0.3 is 10.1 Å². The highest BCUT2D eigenvalue weighted by Crippen LogP contribution is 2.34. The van der Waals surface area contributed by atoms with Crippen molar-refractivity contribution in [3.05, 3.63) is 5.51 Å². The molecule has 0 bridgehead atoms. The smallest absolute Gasteiger partial charge is 0.205 e. The van der Waals surface area contributed by atoms with E-state index in [9.17, 15) is 0 Å². The molecule has 1 atom stereocenters. The molecule has 72 valence electrons. The molecule has 0 amide bonds. The molecule has 0 saturated heterocycles. The molecule has 1 unspecified atom stereocenters. The van der Waals surface area contributed by atoms with E-state index < -0.39 is 0 Å². The Morgan fingerprint density at radius 2 is 2.62 bits per heavy atom. The third kappa shape index (κ3) is 2.38. The molecular formula is C8H13N3OS. The van der Waals surface area contributed by atoms with E-state index >= 15 is 0 Å². The highest BCUT2D eigenvalue weighted by atomic mass is 32.1. The van der Waals surface area contributed by atoms with Gasteiger partial charge in [0.2, 0.25) is 5.13 Å². The van der Waals surface area contributed by atoms with Gasteiger partial charge in [-0.05, 0) is 18.8 Å². The van der Waals surface area contributed by atoms with Crippen molar-refractivity contribution in [2.75, 3.05) is 19.0 Å². The van der Waals surface area contributed by atoms with Gasteiger partial charge in [0.1, 0.15) is 5.51 Å². The Labute approximate surface area is 81.3 Å². The second-order valence-corrected chi connectivity index (χ2v) is 4.12. The fourth-order valence-electron chi connectivity index (χ4n) is 1.37. The summed E-state index contributed by atoms with van der Waals surface area (Å²) in [6, 6.07) is 0.415. The zero-order valence-electron chi connectivity index (χ0n) is 7.56. The summed E-state index contributed by atoms with van der Waals surface area (Å²) in [5.74, 6) is 0.767. The van der Waals surface area contributed by atoms with Crippen LogP contribution >= 0.6 is 11.3 Å². The topological polar surface area (TPSA) is 47.0 Å². The number of nitrogens with one attached hydrogen (secondary N) is 1. The molecule has 1 saturated carbocycles. The third-order valence-corrected chi connectivity index (χ3v) is 2.83. The number of hydrogen-bond acceptors (Lipinski definition) is 5. The molecule has 0 aliphatic heterocycles. The number of nitrogens with zero attached hydrogens (tertiary/aromatic N) is 2. The van der Waals surface area contributed by atoms with Crippen LogP contribution in [-0.2, 0) is 4.74 Å². The molecule has 1 aliphatic carbocycles. The van der Waals surface area contributed by atoms with Gasteiger partial charge in [-0.3, -0.25) is 0 Å². The van der Waals surface area contributed by atoms with Crippen molar-refractivity contribution in [2.45, 2.75) is 18.9 Å². The second kappa shape index (κ2) is 4.02. The molecule has 1 aliphatic rings. The van der Waals surface area contributed by atoms with Gasteiger partial charge in [-0.15, -0.1) is 10.2 Å². The van der Waals surface area contributed by atoms with E-state index in [2.05, 4.69) is 15.5 Å². The summed E-state index contributed by atoms with van der Waals surface area (Å²) in [4.78, 5) is 0. The first kappa shape index (κ1) is 8.90. The van der Waals surface area contributed by atoms with Gasteiger partial charge >= 0.3 is 0 Å². The van der Waals surface area contributed by atoms with Gasteiger partial charge in [0.25, 0.3) is 0 Å². The number of aromatic nitrogens is 2. The fraction of sp³-hybridized carbons (Fsp3) is 0.750. The highest BCUT2D eigenvalue weighted by Gasteiger charge is 2.31. The lowest BCUT2D eigenvalue weighted by molar-refractivity contribution is 0.179.